The Morgan fingerprint density at radius 3 is 2.96 bits per heavy atom. The van der Waals surface area contributed by atoms with Gasteiger partial charge in [0.2, 0.25) is 5.91 Å². The smallest absolute Gasteiger partial charge is 0.220 e. The molecule has 0 saturated carbocycles. The molecule has 0 spiro atoms. The van der Waals surface area contributed by atoms with Crippen molar-refractivity contribution in [3.05, 3.63) is 53.1 Å². The van der Waals surface area contributed by atoms with E-state index in [9.17, 15) is 4.79 Å². The highest BCUT2D eigenvalue weighted by Gasteiger charge is 2.22. The summed E-state index contributed by atoms with van der Waals surface area (Å²) in [6.45, 7) is 4.43. The van der Waals surface area contributed by atoms with Gasteiger partial charge < -0.3 is 9.88 Å². The van der Waals surface area contributed by atoms with Crippen LogP contribution in [0.2, 0.25) is 0 Å². The number of hydrogen-bond donors (Lipinski definition) is 1. The summed E-state index contributed by atoms with van der Waals surface area (Å²) < 4.78 is 1.97. The van der Waals surface area contributed by atoms with Gasteiger partial charge in [0.15, 0.2) is 0 Å². The van der Waals surface area contributed by atoms with Gasteiger partial charge in [-0.25, -0.2) is 4.98 Å². The predicted octanol–water partition coefficient (Wildman–Crippen LogP) is 3.67. The van der Waals surface area contributed by atoms with Crippen LogP contribution in [-0.4, -0.2) is 15.5 Å². The van der Waals surface area contributed by atoms with Gasteiger partial charge in [-0.05, 0) is 48.3 Å². The highest BCUT2D eigenvalue weighted by Crippen LogP contribution is 2.32. The fourth-order valence-corrected chi connectivity index (χ4v) is 3.46. The van der Waals surface area contributed by atoms with Gasteiger partial charge in [-0.2, -0.15) is 0 Å². The molecule has 1 amide bonds. The SMILES string of the molecule is CC(C)c1ccc2c(c1)[C@H](NC(=O)CCc1cncn1C)CCC2. The molecule has 24 heavy (non-hydrogen) atoms. The second kappa shape index (κ2) is 7.20. The van der Waals surface area contributed by atoms with E-state index in [1.54, 1.807) is 6.33 Å². The number of carbonyl (C=O) groups is 1. The predicted molar refractivity (Wildman–Crippen MR) is 95.9 cm³/mol. The summed E-state index contributed by atoms with van der Waals surface area (Å²) in [6.07, 6.45) is 8.14. The number of hydrogen-bond acceptors (Lipinski definition) is 2. The number of carbonyl (C=O) groups excluding carboxylic acids is 1. The largest absolute Gasteiger partial charge is 0.349 e. The summed E-state index contributed by atoms with van der Waals surface area (Å²) in [7, 11) is 1.96. The van der Waals surface area contributed by atoms with E-state index in [4.69, 9.17) is 0 Å². The summed E-state index contributed by atoms with van der Waals surface area (Å²) >= 11 is 0. The highest BCUT2D eigenvalue weighted by atomic mass is 16.1. The number of benzene rings is 1. The summed E-state index contributed by atoms with van der Waals surface area (Å²) in [6, 6.07) is 6.94. The van der Waals surface area contributed by atoms with Gasteiger partial charge in [0.25, 0.3) is 0 Å². The number of nitrogens with one attached hydrogen (secondary N) is 1. The lowest BCUT2D eigenvalue weighted by molar-refractivity contribution is -0.121. The van der Waals surface area contributed by atoms with Crippen LogP contribution in [-0.2, 0) is 24.7 Å². The Hall–Kier alpha value is -2.10. The summed E-state index contributed by atoms with van der Waals surface area (Å²) in [5.74, 6) is 0.641. The Labute approximate surface area is 144 Å². The molecule has 4 nitrogen and oxygen atoms in total. The number of imidazole rings is 1. The standard InChI is InChI=1S/C20H27N3O/c1-14(2)16-8-7-15-5-4-6-19(18(15)11-16)22-20(24)10-9-17-12-21-13-23(17)3/h7-8,11-14,19H,4-6,9-10H2,1-3H3,(H,22,24)/t19-/m1/s1. The third kappa shape index (κ3) is 3.69. The lowest BCUT2D eigenvalue weighted by atomic mass is 9.85. The van der Waals surface area contributed by atoms with E-state index in [1.165, 1.54) is 16.7 Å². The Morgan fingerprint density at radius 1 is 1.42 bits per heavy atom. The minimum absolute atomic E-state index is 0.129. The first-order valence-electron chi connectivity index (χ1n) is 8.92. The topological polar surface area (TPSA) is 46.9 Å². The van der Waals surface area contributed by atoms with Crippen molar-refractivity contribution in [2.45, 2.75) is 57.9 Å². The number of rotatable bonds is 5. The Balaban J connectivity index is 1.66. The van der Waals surface area contributed by atoms with E-state index in [2.05, 4.69) is 42.3 Å². The maximum atomic E-state index is 12.4. The number of aromatic nitrogens is 2. The highest BCUT2D eigenvalue weighted by molar-refractivity contribution is 5.76. The zero-order valence-electron chi connectivity index (χ0n) is 14.9. The molecule has 4 heteroatoms. The third-order valence-electron chi connectivity index (χ3n) is 5.01. The number of amides is 1. The second-order valence-corrected chi connectivity index (χ2v) is 7.12. The molecule has 3 rings (SSSR count). The maximum absolute atomic E-state index is 12.4. The Bertz CT molecular complexity index is 717. The van der Waals surface area contributed by atoms with Crippen LogP contribution in [0.1, 0.15) is 67.5 Å². The van der Waals surface area contributed by atoms with Crippen molar-refractivity contribution in [3.8, 4) is 0 Å². The number of aryl methyl sites for hydroxylation is 3. The van der Waals surface area contributed by atoms with Crippen molar-refractivity contribution >= 4 is 5.91 Å². The zero-order chi connectivity index (χ0) is 17.1. The molecule has 128 valence electrons. The molecule has 1 aromatic heterocycles. The Kier molecular flexibility index (Phi) is 5.03. The molecule has 1 heterocycles. The van der Waals surface area contributed by atoms with Gasteiger partial charge >= 0.3 is 0 Å². The second-order valence-electron chi connectivity index (χ2n) is 7.12. The average molecular weight is 325 g/mol. The van der Waals surface area contributed by atoms with Crippen LogP contribution < -0.4 is 5.32 Å². The van der Waals surface area contributed by atoms with Gasteiger partial charge in [0, 0.05) is 25.4 Å². The zero-order valence-corrected chi connectivity index (χ0v) is 14.9. The molecule has 0 aliphatic heterocycles. The number of fused-ring (bicyclic) bond motifs is 1. The van der Waals surface area contributed by atoms with E-state index < -0.39 is 0 Å². The third-order valence-corrected chi connectivity index (χ3v) is 5.01. The average Bonchev–Trinajstić information content (AvgIpc) is 2.98. The lowest BCUT2D eigenvalue weighted by Gasteiger charge is -2.27. The van der Waals surface area contributed by atoms with Crippen LogP contribution in [0.3, 0.4) is 0 Å². The van der Waals surface area contributed by atoms with E-state index in [-0.39, 0.29) is 11.9 Å². The van der Waals surface area contributed by atoms with Crippen LogP contribution in [0, 0.1) is 0 Å². The van der Waals surface area contributed by atoms with Crippen molar-refractivity contribution in [1.29, 1.82) is 0 Å². The molecular weight excluding hydrogens is 298 g/mol. The first-order valence-corrected chi connectivity index (χ1v) is 8.92. The van der Waals surface area contributed by atoms with E-state index in [0.717, 1.165) is 31.4 Å². The Morgan fingerprint density at radius 2 is 2.25 bits per heavy atom. The van der Waals surface area contributed by atoms with Crippen molar-refractivity contribution in [2.24, 2.45) is 7.05 Å². The van der Waals surface area contributed by atoms with Crippen LogP contribution >= 0.6 is 0 Å². The molecular formula is C20H27N3O. The van der Waals surface area contributed by atoms with Crippen LogP contribution in [0.25, 0.3) is 0 Å². The molecule has 1 N–H and O–H groups in total. The van der Waals surface area contributed by atoms with Crippen molar-refractivity contribution in [3.63, 3.8) is 0 Å². The minimum atomic E-state index is 0.129. The first kappa shape index (κ1) is 16.7. The summed E-state index contributed by atoms with van der Waals surface area (Å²) in [5.41, 5.74) is 5.16. The first-order chi connectivity index (χ1) is 11.5. The van der Waals surface area contributed by atoms with Gasteiger partial charge in [-0.15, -0.1) is 0 Å². The fourth-order valence-electron chi connectivity index (χ4n) is 3.46. The minimum Gasteiger partial charge on any atom is -0.349 e. The molecule has 0 radical (unpaired) electrons. The maximum Gasteiger partial charge on any atom is 0.220 e. The van der Waals surface area contributed by atoms with Gasteiger partial charge in [0.05, 0.1) is 12.4 Å². The normalized spacial score (nSPS) is 16.9. The fraction of sp³-hybridized carbons (Fsp3) is 0.500. The van der Waals surface area contributed by atoms with Crippen LogP contribution in [0.5, 0.6) is 0 Å². The van der Waals surface area contributed by atoms with E-state index in [1.807, 2.05) is 17.8 Å². The van der Waals surface area contributed by atoms with Gasteiger partial charge in [-0.1, -0.05) is 32.0 Å². The molecule has 1 aliphatic rings. The molecule has 0 fully saturated rings. The van der Waals surface area contributed by atoms with E-state index >= 15 is 0 Å². The quantitative estimate of drug-likeness (QED) is 0.912. The summed E-state index contributed by atoms with van der Waals surface area (Å²) in [4.78, 5) is 16.5. The molecule has 0 saturated heterocycles. The molecule has 1 aromatic carbocycles. The van der Waals surface area contributed by atoms with Gasteiger partial charge in [0.1, 0.15) is 0 Å². The van der Waals surface area contributed by atoms with Crippen molar-refractivity contribution in [2.75, 3.05) is 0 Å². The molecule has 1 atom stereocenters. The van der Waals surface area contributed by atoms with E-state index in [0.29, 0.717) is 12.3 Å². The molecule has 2 aromatic rings. The summed E-state index contributed by atoms with van der Waals surface area (Å²) in [5, 5.41) is 3.25. The number of nitrogens with zero attached hydrogens (tertiary/aromatic N) is 2. The molecule has 0 unspecified atom stereocenters. The van der Waals surface area contributed by atoms with Gasteiger partial charge in [-0.3, -0.25) is 4.79 Å². The monoisotopic (exact) mass is 325 g/mol. The molecule has 1 aliphatic carbocycles. The van der Waals surface area contributed by atoms with Crippen LogP contribution in [0.4, 0.5) is 0 Å². The lowest BCUT2D eigenvalue weighted by Crippen LogP contribution is -2.31. The van der Waals surface area contributed by atoms with Crippen molar-refractivity contribution < 1.29 is 4.79 Å². The van der Waals surface area contributed by atoms with Crippen LogP contribution in [0.15, 0.2) is 30.7 Å². The van der Waals surface area contributed by atoms with Crippen molar-refractivity contribution in [1.82, 2.24) is 14.9 Å². The molecule has 0 bridgehead atoms.